The first-order chi connectivity index (χ1) is 13.1. The summed E-state index contributed by atoms with van der Waals surface area (Å²) >= 11 is 0. The highest BCUT2D eigenvalue weighted by atomic mass is 16.5. The average molecular weight is 371 g/mol. The number of ether oxygens (including phenoxy) is 2. The van der Waals surface area contributed by atoms with E-state index in [2.05, 4.69) is 5.32 Å². The molecule has 0 unspecified atom stereocenters. The van der Waals surface area contributed by atoms with E-state index in [4.69, 9.17) is 9.47 Å². The van der Waals surface area contributed by atoms with Gasteiger partial charge < -0.3 is 24.3 Å². The Hall–Kier alpha value is -2.54. The Bertz CT molecular complexity index is 883. The second kappa shape index (κ2) is 7.23. The number of aryl methyl sites for hydroxylation is 1. The summed E-state index contributed by atoms with van der Waals surface area (Å²) < 4.78 is 12.8. The van der Waals surface area contributed by atoms with Gasteiger partial charge in [-0.25, -0.2) is 0 Å². The number of hydrogen-bond acceptors (Lipinski definition) is 4. The van der Waals surface area contributed by atoms with Gasteiger partial charge in [-0.3, -0.25) is 9.59 Å². The number of nitrogens with zero attached hydrogens (tertiary/aromatic N) is 2. The monoisotopic (exact) mass is 371 g/mol. The van der Waals surface area contributed by atoms with Crippen LogP contribution in [0.1, 0.15) is 36.2 Å². The van der Waals surface area contributed by atoms with Gasteiger partial charge in [0, 0.05) is 38.6 Å². The number of amides is 2. The Morgan fingerprint density at radius 2 is 2.22 bits per heavy atom. The zero-order chi connectivity index (χ0) is 19.0. The summed E-state index contributed by atoms with van der Waals surface area (Å²) in [6, 6.07) is 5.69. The van der Waals surface area contributed by atoms with Crippen LogP contribution in [0.3, 0.4) is 0 Å². The quantitative estimate of drug-likeness (QED) is 0.875. The van der Waals surface area contributed by atoms with Crippen molar-refractivity contribution < 1.29 is 19.1 Å². The minimum Gasteiger partial charge on any atom is -0.497 e. The molecule has 2 aliphatic rings. The lowest BCUT2D eigenvalue weighted by atomic mass is 10.2. The number of rotatable bonds is 5. The van der Waals surface area contributed by atoms with Crippen LogP contribution in [0, 0.1) is 0 Å². The standard InChI is InChI=1S/C20H25N3O4/c1-22-16-8-7-13(26-2)11-15(16)18(23-9-3-6-17(23)24)19(22)20(25)21-12-14-5-4-10-27-14/h7-8,11,14H,3-6,9-10,12H2,1-2H3,(H,21,25)/t14-/m0/s1. The molecule has 0 radical (unpaired) electrons. The Balaban J connectivity index is 1.76. The van der Waals surface area contributed by atoms with Crippen molar-refractivity contribution in [3.05, 3.63) is 23.9 Å². The number of benzene rings is 1. The van der Waals surface area contributed by atoms with Gasteiger partial charge in [0.15, 0.2) is 0 Å². The second-order valence-electron chi connectivity index (χ2n) is 7.13. The molecule has 1 N–H and O–H groups in total. The third kappa shape index (κ3) is 3.16. The van der Waals surface area contributed by atoms with Gasteiger partial charge in [0.2, 0.25) is 5.91 Å². The fourth-order valence-electron chi connectivity index (χ4n) is 4.04. The van der Waals surface area contributed by atoms with Crippen molar-refractivity contribution in [1.82, 2.24) is 9.88 Å². The number of fused-ring (bicyclic) bond motifs is 1. The van der Waals surface area contributed by atoms with E-state index in [9.17, 15) is 9.59 Å². The molecule has 0 saturated carbocycles. The number of methoxy groups -OCH3 is 1. The van der Waals surface area contributed by atoms with E-state index >= 15 is 0 Å². The number of aromatic nitrogens is 1. The molecule has 0 aliphatic carbocycles. The predicted octanol–water partition coefficient (Wildman–Crippen LogP) is 2.22. The minimum atomic E-state index is -0.183. The van der Waals surface area contributed by atoms with Crippen molar-refractivity contribution in [2.24, 2.45) is 7.05 Å². The fourth-order valence-corrected chi connectivity index (χ4v) is 4.04. The SMILES string of the molecule is COc1ccc2c(c1)c(N1CCCC1=O)c(C(=O)NC[C@@H]1CCCO1)n2C. The summed E-state index contributed by atoms with van der Waals surface area (Å²) in [6.07, 6.45) is 3.38. The molecule has 4 rings (SSSR count). The fraction of sp³-hybridized carbons (Fsp3) is 0.500. The number of carbonyl (C=O) groups is 2. The number of anilines is 1. The van der Waals surface area contributed by atoms with Crippen LogP contribution in [0.5, 0.6) is 5.75 Å². The minimum absolute atomic E-state index is 0.0542. The van der Waals surface area contributed by atoms with E-state index in [1.165, 1.54) is 0 Å². The Morgan fingerprint density at radius 3 is 2.89 bits per heavy atom. The molecule has 7 heteroatoms. The molecule has 2 fully saturated rings. The lowest BCUT2D eigenvalue weighted by Gasteiger charge is -2.18. The third-order valence-electron chi connectivity index (χ3n) is 5.45. The van der Waals surface area contributed by atoms with Gasteiger partial charge in [-0.15, -0.1) is 0 Å². The normalized spacial score (nSPS) is 19.9. The first-order valence-corrected chi connectivity index (χ1v) is 9.46. The summed E-state index contributed by atoms with van der Waals surface area (Å²) in [5.74, 6) is 0.573. The number of hydrogen-bond donors (Lipinski definition) is 1. The highest BCUT2D eigenvalue weighted by molar-refractivity contribution is 6.14. The molecule has 144 valence electrons. The molecule has 0 bridgehead atoms. The molecule has 1 aromatic carbocycles. The summed E-state index contributed by atoms with van der Waals surface area (Å²) in [5.41, 5.74) is 2.08. The zero-order valence-corrected chi connectivity index (χ0v) is 15.8. The van der Waals surface area contributed by atoms with Crippen molar-refractivity contribution in [3.63, 3.8) is 0 Å². The molecule has 2 aromatic rings. The topological polar surface area (TPSA) is 72.8 Å². The van der Waals surface area contributed by atoms with Crippen LogP contribution < -0.4 is 15.0 Å². The van der Waals surface area contributed by atoms with Gasteiger partial charge in [-0.2, -0.15) is 0 Å². The first kappa shape index (κ1) is 17.9. The summed E-state index contributed by atoms with van der Waals surface area (Å²) in [5, 5.41) is 3.85. The average Bonchev–Trinajstić information content (AvgIpc) is 3.39. The van der Waals surface area contributed by atoms with Gasteiger partial charge in [0.25, 0.3) is 5.91 Å². The molecule has 3 heterocycles. The maximum atomic E-state index is 13.1. The van der Waals surface area contributed by atoms with E-state index in [-0.39, 0.29) is 17.9 Å². The molecule has 0 spiro atoms. The van der Waals surface area contributed by atoms with Crippen molar-refractivity contribution in [1.29, 1.82) is 0 Å². The first-order valence-electron chi connectivity index (χ1n) is 9.46. The van der Waals surface area contributed by atoms with E-state index in [0.29, 0.717) is 36.6 Å². The predicted molar refractivity (Wildman–Crippen MR) is 102 cm³/mol. The van der Waals surface area contributed by atoms with Crippen LogP contribution in [0.25, 0.3) is 10.9 Å². The molecule has 1 atom stereocenters. The van der Waals surface area contributed by atoms with Crippen LogP contribution in [-0.4, -0.2) is 49.3 Å². The lowest BCUT2D eigenvalue weighted by molar-refractivity contribution is -0.117. The Morgan fingerprint density at radius 1 is 1.37 bits per heavy atom. The number of nitrogens with one attached hydrogen (secondary N) is 1. The zero-order valence-electron chi connectivity index (χ0n) is 15.8. The summed E-state index contributed by atoms with van der Waals surface area (Å²) in [7, 11) is 3.47. The van der Waals surface area contributed by atoms with E-state index in [1.807, 2.05) is 29.8 Å². The molecule has 7 nitrogen and oxygen atoms in total. The Labute approximate surface area is 158 Å². The van der Waals surface area contributed by atoms with Crippen LogP contribution in [-0.2, 0) is 16.6 Å². The van der Waals surface area contributed by atoms with E-state index in [0.717, 1.165) is 36.8 Å². The molecular weight excluding hydrogens is 346 g/mol. The molecule has 2 amide bonds. The summed E-state index contributed by atoms with van der Waals surface area (Å²) in [4.78, 5) is 27.3. The smallest absolute Gasteiger partial charge is 0.270 e. The van der Waals surface area contributed by atoms with E-state index in [1.54, 1.807) is 12.0 Å². The van der Waals surface area contributed by atoms with Gasteiger partial charge in [-0.05, 0) is 37.5 Å². The highest BCUT2D eigenvalue weighted by Crippen LogP contribution is 2.37. The molecule has 2 saturated heterocycles. The van der Waals surface area contributed by atoms with Gasteiger partial charge in [0.05, 0.1) is 24.4 Å². The third-order valence-corrected chi connectivity index (χ3v) is 5.45. The molecule has 2 aliphatic heterocycles. The maximum Gasteiger partial charge on any atom is 0.270 e. The van der Waals surface area contributed by atoms with Crippen LogP contribution >= 0.6 is 0 Å². The summed E-state index contributed by atoms with van der Waals surface area (Å²) in [6.45, 7) is 1.86. The van der Waals surface area contributed by atoms with Gasteiger partial charge >= 0.3 is 0 Å². The Kier molecular flexibility index (Phi) is 4.78. The second-order valence-corrected chi connectivity index (χ2v) is 7.13. The van der Waals surface area contributed by atoms with Crippen LogP contribution in [0.4, 0.5) is 5.69 Å². The van der Waals surface area contributed by atoms with Crippen molar-refractivity contribution in [2.45, 2.75) is 31.8 Å². The molecule has 1 aromatic heterocycles. The highest BCUT2D eigenvalue weighted by Gasteiger charge is 2.31. The van der Waals surface area contributed by atoms with Crippen molar-refractivity contribution in [2.75, 3.05) is 31.7 Å². The van der Waals surface area contributed by atoms with Crippen LogP contribution in [0.2, 0.25) is 0 Å². The van der Waals surface area contributed by atoms with Gasteiger partial charge in [-0.1, -0.05) is 0 Å². The van der Waals surface area contributed by atoms with E-state index < -0.39 is 0 Å². The number of carbonyl (C=O) groups excluding carboxylic acids is 2. The molecule has 27 heavy (non-hydrogen) atoms. The lowest BCUT2D eigenvalue weighted by Crippen LogP contribution is -2.34. The van der Waals surface area contributed by atoms with Crippen LogP contribution in [0.15, 0.2) is 18.2 Å². The van der Waals surface area contributed by atoms with Crippen molar-refractivity contribution >= 4 is 28.4 Å². The molecular formula is C20H25N3O4. The van der Waals surface area contributed by atoms with Crippen molar-refractivity contribution in [3.8, 4) is 5.75 Å². The maximum absolute atomic E-state index is 13.1. The van der Waals surface area contributed by atoms with Gasteiger partial charge in [0.1, 0.15) is 11.4 Å². The largest absolute Gasteiger partial charge is 0.497 e.